The molecule has 0 unspecified atom stereocenters. The van der Waals surface area contributed by atoms with E-state index in [0.29, 0.717) is 17.4 Å². The summed E-state index contributed by atoms with van der Waals surface area (Å²) in [5, 5.41) is 0. The lowest BCUT2D eigenvalue weighted by atomic mass is 10.2. The summed E-state index contributed by atoms with van der Waals surface area (Å²) < 4.78 is 87.5. The van der Waals surface area contributed by atoms with E-state index in [9.17, 15) is 25.6 Å². The number of sulfonamides is 2. The third-order valence-corrected chi connectivity index (χ3v) is 7.06. The van der Waals surface area contributed by atoms with Gasteiger partial charge in [0.25, 0.3) is 20.0 Å². The van der Waals surface area contributed by atoms with Gasteiger partial charge in [-0.3, -0.25) is 9.44 Å². The van der Waals surface area contributed by atoms with Gasteiger partial charge in [0.05, 0.1) is 23.4 Å². The van der Waals surface area contributed by atoms with E-state index < -0.39 is 36.6 Å². The molecular weight excluding hydrogens is 450 g/mol. The molecule has 0 saturated carbocycles. The molecular formula is C20H18F2N2O5S2. The Kier molecular flexibility index (Phi) is 6.18. The van der Waals surface area contributed by atoms with E-state index in [1.165, 1.54) is 25.3 Å². The van der Waals surface area contributed by atoms with Gasteiger partial charge < -0.3 is 4.74 Å². The summed E-state index contributed by atoms with van der Waals surface area (Å²) >= 11 is 0. The van der Waals surface area contributed by atoms with E-state index in [1.54, 1.807) is 25.1 Å². The lowest BCUT2D eigenvalue weighted by Crippen LogP contribution is -2.17. The number of rotatable bonds is 7. The highest BCUT2D eigenvalue weighted by Crippen LogP contribution is 2.29. The van der Waals surface area contributed by atoms with Crippen LogP contribution in [0.2, 0.25) is 0 Å². The number of hydrogen-bond donors (Lipinski definition) is 2. The van der Waals surface area contributed by atoms with Crippen LogP contribution in [-0.2, 0) is 20.0 Å². The zero-order chi connectivity index (χ0) is 22.8. The number of benzene rings is 3. The standard InChI is InChI=1S/C20H18F2N2O5S2/c1-13-7-9-15(30(25,26)23-17-5-3-4-6-19(17)29-2)12-18(13)24-31(27,28)20-10-8-14(21)11-16(20)22/h3-12,23-24H,1-2H3. The molecule has 11 heteroatoms. The highest BCUT2D eigenvalue weighted by atomic mass is 32.2. The van der Waals surface area contributed by atoms with E-state index in [0.717, 1.165) is 18.2 Å². The van der Waals surface area contributed by atoms with Crippen molar-refractivity contribution in [3.05, 3.63) is 77.9 Å². The van der Waals surface area contributed by atoms with Crippen molar-refractivity contribution in [1.82, 2.24) is 0 Å². The monoisotopic (exact) mass is 468 g/mol. The summed E-state index contributed by atoms with van der Waals surface area (Å²) in [6, 6.07) is 12.2. The lowest BCUT2D eigenvalue weighted by molar-refractivity contribution is 0.417. The van der Waals surface area contributed by atoms with Gasteiger partial charge in [0, 0.05) is 6.07 Å². The number of methoxy groups -OCH3 is 1. The van der Waals surface area contributed by atoms with E-state index >= 15 is 0 Å². The summed E-state index contributed by atoms with van der Waals surface area (Å²) in [7, 11) is -7.16. The van der Waals surface area contributed by atoms with Gasteiger partial charge in [0.15, 0.2) is 0 Å². The van der Waals surface area contributed by atoms with Gasteiger partial charge in [-0.2, -0.15) is 0 Å². The van der Waals surface area contributed by atoms with Crippen molar-refractivity contribution in [2.45, 2.75) is 16.7 Å². The SMILES string of the molecule is COc1ccccc1NS(=O)(=O)c1ccc(C)c(NS(=O)(=O)c2ccc(F)cc2F)c1. The number of hydrogen-bond acceptors (Lipinski definition) is 5. The Hall–Kier alpha value is -3.18. The molecule has 3 aromatic carbocycles. The first kappa shape index (κ1) is 22.5. The van der Waals surface area contributed by atoms with E-state index in [1.807, 2.05) is 0 Å². The molecule has 31 heavy (non-hydrogen) atoms. The van der Waals surface area contributed by atoms with Gasteiger partial charge >= 0.3 is 0 Å². The van der Waals surface area contributed by atoms with Crippen LogP contribution in [0.3, 0.4) is 0 Å². The molecule has 7 nitrogen and oxygen atoms in total. The number of halogens is 2. The average Bonchev–Trinajstić information content (AvgIpc) is 2.69. The highest BCUT2D eigenvalue weighted by molar-refractivity contribution is 7.93. The Balaban J connectivity index is 1.96. The van der Waals surface area contributed by atoms with Crippen LogP contribution < -0.4 is 14.2 Å². The summed E-state index contributed by atoms with van der Waals surface area (Å²) in [5.74, 6) is -1.90. The molecule has 0 aromatic heterocycles. The first-order valence-corrected chi connectivity index (χ1v) is 11.7. The van der Waals surface area contributed by atoms with Crippen LogP contribution in [0.25, 0.3) is 0 Å². The topological polar surface area (TPSA) is 102 Å². The fraction of sp³-hybridized carbons (Fsp3) is 0.100. The molecule has 0 amide bonds. The number of aryl methyl sites for hydroxylation is 1. The summed E-state index contributed by atoms with van der Waals surface area (Å²) in [5.41, 5.74) is 0.509. The zero-order valence-electron chi connectivity index (χ0n) is 16.4. The molecule has 0 aliphatic heterocycles. The predicted molar refractivity (Wildman–Crippen MR) is 112 cm³/mol. The highest BCUT2D eigenvalue weighted by Gasteiger charge is 2.23. The van der Waals surface area contributed by atoms with E-state index in [4.69, 9.17) is 4.74 Å². The predicted octanol–water partition coefficient (Wildman–Crippen LogP) is 3.88. The van der Waals surface area contributed by atoms with Crippen molar-refractivity contribution in [3.8, 4) is 5.75 Å². The van der Waals surface area contributed by atoms with Crippen molar-refractivity contribution in [1.29, 1.82) is 0 Å². The fourth-order valence-electron chi connectivity index (χ4n) is 2.70. The maximum absolute atomic E-state index is 14.0. The molecule has 0 radical (unpaired) electrons. The summed E-state index contributed by atoms with van der Waals surface area (Å²) in [6.07, 6.45) is 0. The Morgan fingerprint density at radius 1 is 0.806 bits per heavy atom. The van der Waals surface area contributed by atoms with Gasteiger partial charge in [0.1, 0.15) is 22.3 Å². The third kappa shape index (κ3) is 4.94. The van der Waals surface area contributed by atoms with Crippen LogP contribution in [0.1, 0.15) is 5.56 Å². The van der Waals surface area contributed by atoms with Gasteiger partial charge in [0.2, 0.25) is 0 Å². The van der Waals surface area contributed by atoms with Crippen LogP contribution in [0.4, 0.5) is 20.2 Å². The Bertz CT molecular complexity index is 1340. The molecule has 0 spiro atoms. The lowest BCUT2D eigenvalue weighted by Gasteiger charge is -2.15. The van der Waals surface area contributed by atoms with E-state index in [2.05, 4.69) is 9.44 Å². The summed E-state index contributed by atoms with van der Waals surface area (Å²) in [6.45, 7) is 1.54. The van der Waals surface area contributed by atoms with Crippen LogP contribution in [-0.4, -0.2) is 23.9 Å². The number of para-hydroxylation sites is 2. The van der Waals surface area contributed by atoms with Crippen LogP contribution in [0.15, 0.2) is 70.5 Å². The Morgan fingerprint density at radius 2 is 1.48 bits per heavy atom. The minimum atomic E-state index is -4.44. The molecule has 0 saturated heterocycles. The van der Waals surface area contributed by atoms with Gasteiger partial charge in [-0.05, 0) is 48.9 Å². The molecule has 0 aliphatic carbocycles. The Morgan fingerprint density at radius 3 is 2.16 bits per heavy atom. The van der Waals surface area contributed by atoms with Crippen molar-refractivity contribution in [3.63, 3.8) is 0 Å². The first-order valence-electron chi connectivity index (χ1n) is 8.78. The summed E-state index contributed by atoms with van der Waals surface area (Å²) in [4.78, 5) is -1.00. The molecule has 3 rings (SSSR count). The quantitative estimate of drug-likeness (QED) is 0.548. The number of ether oxygens (including phenoxy) is 1. The second-order valence-corrected chi connectivity index (χ2v) is 9.80. The molecule has 0 aliphatic rings. The first-order chi connectivity index (χ1) is 14.5. The van der Waals surface area contributed by atoms with Crippen molar-refractivity contribution < 1.29 is 30.4 Å². The molecule has 0 heterocycles. The van der Waals surface area contributed by atoms with Crippen LogP contribution in [0, 0.1) is 18.6 Å². The average molecular weight is 469 g/mol. The molecule has 2 N–H and O–H groups in total. The molecule has 164 valence electrons. The maximum atomic E-state index is 14.0. The minimum absolute atomic E-state index is 0.0772. The second kappa shape index (κ2) is 8.52. The van der Waals surface area contributed by atoms with Crippen LogP contribution >= 0.6 is 0 Å². The maximum Gasteiger partial charge on any atom is 0.264 e. The third-order valence-electron chi connectivity index (χ3n) is 4.30. The van der Waals surface area contributed by atoms with Crippen molar-refractivity contribution in [2.24, 2.45) is 0 Å². The van der Waals surface area contributed by atoms with Gasteiger partial charge in [-0.25, -0.2) is 25.6 Å². The van der Waals surface area contributed by atoms with E-state index in [-0.39, 0.29) is 16.3 Å². The van der Waals surface area contributed by atoms with Crippen LogP contribution in [0.5, 0.6) is 5.75 Å². The van der Waals surface area contributed by atoms with Crippen molar-refractivity contribution >= 4 is 31.4 Å². The minimum Gasteiger partial charge on any atom is -0.495 e. The smallest absolute Gasteiger partial charge is 0.264 e. The van der Waals surface area contributed by atoms with Crippen molar-refractivity contribution in [2.75, 3.05) is 16.6 Å². The number of anilines is 2. The normalized spacial score (nSPS) is 11.7. The molecule has 0 bridgehead atoms. The second-order valence-electron chi connectivity index (χ2n) is 6.46. The Labute approximate surface area is 178 Å². The molecule has 0 atom stereocenters. The molecule has 3 aromatic rings. The molecule has 0 fully saturated rings. The van der Waals surface area contributed by atoms with Gasteiger partial charge in [-0.1, -0.05) is 18.2 Å². The fourth-order valence-corrected chi connectivity index (χ4v) is 4.98. The van der Waals surface area contributed by atoms with Gasteiger partial charge in [-0.15, -0.1) is 0 Å². The largest absolute Gasteiger partial charge is 0.495 e. The zero-order valence-corrected chi connectivity index (χ0v) is 18.0. The number of nitrogens with one attached hydrogen (secondary N) is 2.